The third kappa shape index (κ3) is 3.41. The fourth-order valence-electron chi connectivity index (χ4n) is 1.61. The van der Waals surface area contributed by atoms with Gasteiger partial charge in [0.25, 0.3) is 5.91 Å². The van der Waals surface area contributed by atoms with E-state index in [0.717, 1.165) is 0 Å². The highest BCUT2D eigenvalue weighted by atomic mass is 16.4. The van der Waals surface area contributed by atoms with Gasteiger partial charge < -0.3 is 10.4 Å². The predicted octanol–water partition coefficient (Wildman–Crippen LogP) is 0.747. The van der Waals surface area contributed by atoms with E-state index in [1.807, 2.05) is 0 Å². The number of carbonyl (C=O) groups excluding carboxylic acids is 1. The molecule has 0 spiro atoms. The molecule has 0 aliphatic carbocycles. The first-order valence-corrected chi connectivity index (χ1v) is 5.67. The van der Waals surface area contributed by atoms with Gasteiger partial charge in [0.05, 0.1) is 11.9 Å². The molecular formula is C13H12N3O3. The molecule has 1 radical (unpaired) electrons. The Kier molecular flexibility index (Phi) is 3.92. The van der Waals surface area contributed by atoms with E-state index < -0.39 is 17.9 Å². The topological polar surface area (TPSA) is 92.9 Å². The first-order valence-electron chi connectivity index (χ1n) is 5.67. The van der Waals surface area contributed by atoms with Crippen molar-refractivity contribution >= 4 is 18.2 Å². The predicted molar refractivity (Wildman–Crippen MR) is 68.7 cm³/mol. The average molecular weight is 258 g/mol. The van der Waals surface area contributed by atoms with Crippen LogP contribution in [0, 0.1) is 0 Å². The zero-order chi connectivity index (χ0) is 13.7. The normalized spacial score (nSPS) is 14.4. The number of rotatable bonds is 5. The number of hydrogen-bond acceptors (Lipinski definition) is 3. The molecule has 1 aliphatic heterocycles. The van der Waals surface area contributed by atoms with Crippen LogP contribution < -0.4 is 10.6 Å². The molecular weight excluding hydrogens is 246 g/mol. The minimum absolute atomic E-state index is 0.105. The lowest BCUT2D eigenvalue weighted by atomic mass is 10.1. The van der Waals surface area contributed by atoms with Crippen LogP contribution in [0.15, 0.2) is 47.2 Å². The highest BCUT2D eigenvalue weighted by molar-refractivity contribution is 5.96. The largest absolute Gasteiger partial charge is 0.480 e. The number of hydrogen-bond donors (Lipinski definition) is 2. The van der Waals surface area contributed by atoms with Crippen LogP contribution in [-0.4, -0.2) is 29.4 Å². The van der Waals surface area contributed by atoms with E-state index in [-0.39, 0.29) is 6.42 Å². The second kappa shape index (κ2) is 5.81. The van der Waals surface area contributed by atoms with Crippen LogP contribution in [0.25, 0.3) is 0 Å². The second-order valence-corrected chi connectivity index (χ2v) is 3.95. The first-order chi connectivity index (χ1) is 9.16. The summed E-state index contributed by atoms with van der Waals surface area (Å²) in [5.41, 5.74) is 0.947. The molecule has 1 atom stereocenters. The molecule has 0 aromatic heterocycles. The van der Waals surface area contributed by atoms with Crippen molar-refractivity contribution in [3.05, 3.63) is 47.8 Å². The second-order valence-electron chi connectivity index (χ2n) is 3.95. The zero-order valence-corrected chi connectivity index (χ0v) is 9.98. The molecule has 0 saturated carbocycles. The fraction of sp³-hybridized carbons (Fsp3) is 0.154. The van der Waals surface area contributed by atoms with Crippen molar-refractivity contribution < 1.29 is 14.7 Å². The number of aliphatic carboxylic acids is 1. The summed E-state index contributed by atoms with van der Waals surface area (Å²) < 4.78 is 0. The molecule has 0 bridgehead atoms. The number of carboxylic acids is 1. The zero-order valence-electron chi connectivity index (χ0n) is 9.98. The molecule has 6 heteroatoms. The van der Waals surface area contributed by atoms with Crippen molar-refractivity contribution in [2.75, 3.05) is 0 Å². The summed E-state index contributed by atoms with van der Waals surface area (Å²) in [6.45, 7) is 0. The molecule has 19 heavy (non-hydrogen) atoms. The molecule has 97 valence electrons. The smallest absolute Gasteiger partial charge is 0.326 e. The van der Waals surface area contributed by atoms with Crippen LogP contribution in [0.5, 0.6) is 0 Å². The lowest BCUT2D eigenvalue weighted by Gasteiger charge is -2.14. The summed E-state index contributed by atoms with van der Waals surface area (Å²) in [5.74, 6) is -1.53. The Morgan fingerprint density at radius 2 is 2.00 bits per heavy atom. The van der Waals surface area contributed by atoms with Crippen LogP contribution in [0.4, 0.5) is 0 Å². The first kappa shape index (κ1) is 12.8. The Labute approximate surface area is 109 Å². The van der Waals surface area contributed by atoms with Crippen molar-refractivity contribution in [1.29, 1.82) is 0 Å². The summed E-state index contributed by atoms with van der Waals surface area (Å²) in [6, 6.07) is 7.43. The summed E-state index contributed by atoms with van der Waals surface area (Å²) in [6.07, 6.45) is 2.92. The summed E-state index contributed by atoms with van der Waals surface area (Å²) in [4.78, 5) is 26.8. The minimum Gasteiger partial charge on any atom is -0.480 e. The van der Waals surface area contributed by atoms with E-state index in [1.54, 1.807) is 30.3 Å². The quantitative estimate of drug-likeness (QED) is 0.816. The van der Waals surface area contributed by atoms with Gasteiger partial charge in [0, 0.05) is 12.0 Å². The van der Waals surface area contributed by atoms with Crippen molar-refractivity contribution in [3.8, 4) is 0 Å². The van der Waals surface area contributed by atoms with Crippen LogP contribution in [-0.2, 0) is 4.79 Å². The lowest BCUT2D eigenvalue weighted by molar-refractivity contribution is -0.139. The van der Waals surface area contributed by atoms with Gasteiger partial charge in [0.15, 0.2) is 0 Å². The number of benzene rings is 1. The highest BCUT2D eigenvalue weighted by Gasteiger charge is 2.23. The third-order valence-electron chi connectivity index (χ3n) is 2.57. The maximum atomic E-state index is 11.9. The maximum absolute atomic E-state index is 11.9. The van der Waals surface area contributed by atoms with Gasteiger partial charge >= 0.3 is 5.97 Å². The average Bonchev–Trinajstić information content (AvgIpc) is 2.91. The van der Waals surface area contributed by atoms with Crippen LogP contribution in [0.1, 0.15) is 16.8 Å². The summed E-state index contributed by atoms with van der Waals surface area (Å²) in [7, 11) is 0. The maximum Gasteiger partial charge on any atom is 0.326 e. The molecule has 6 nitrogen and oxygen atoms in total. The minimum atomic E-state index is -1.10. The van der Waals surface area contributed by atoms with Gasteiger partial charge in [-0.15, -0.1) is 0 Å². The van der Waals surface area contributed by atoms with Crippen LogP contribution in [0.3, 0.4) is 0 Å². The van der Waals surface area contributed by atoms with E-state index in [0.29, 0.717) is 11.3 Å². The van der Waals surface area contributed by atoms with Crippen molar-refractivity contribution in [3.63, 3.8) is 0 Å². The van der Waals surface area contributed by atoms with Gasteiger partial charge in [-0.05, 0) is 12.1 Å². The molecule has 0 fully saturated rings. The number of carboxylic acid groups (broad SMARTS) is 1. The lowest BCUT2D eigenvalue weighted by Crippen LogP contribution is -2.41. The number of amides is 1. The summed E-state index contributed by atoms with van der Waals surface area (Å²) >= 11 is 0. The Hall–Kier alpha value is -2.63. The Balaban J connectivity index is 2.01. The summed E-state index contributed by atoms with van der Waals surface area (Å²) in [5, 5.41) is 15.5. The number of nitrogens with one attached hydrogen (secondary N) is 1. The van der Waals surface area contributed by atoms with E-state index >= 15 is 0 Å². The van der Waals surface area contributed by atoms with Gasteiger partial charge in [0.1, 0.15) is 12.4 Å². The molecule has 2 N–H and O–H groups in total. The number of aliphatic imine (C=N–C) groups is 1. The molecule has 2 rings (SSSR count). The van der Waals surface area contributed by atoms with E-state index in [2.05, 4.69) is 15.6 Å². The van der Waals surface area contributed by atoms with E-state index in [1.165, 1.54) is 12.5 Å². The Morgan fingerprint density at radius 3 is 2.58 bits per heavy atom. The number of carbonyl (C=O) groups is 2. The van der Waals surface area contributed by atoms with E-state index in [9.17, 15) is 9.59 Å². The number of nitrogens with zero attached hydrogens (tertiary/aromatic N) is 2. The standard InChI is InChI=1S/C13H12N3O3/c17-12(9-4-2-1-3-5-9)16-11(13(18)19)6-10-7-14-8-15-10/h1-5,7-8,11H,6H2,(H,16,17)(H,18,19). The Morgan fingerprint density at radius 1 is 1.26 bits per heavy atom. The van der Waals surface area contributed by atoms with E-state index in [4.69, 9.17) is 5.11 Å². The molecule has 1 aliphatic rings. The van der Waals surface area contributed by atoms with Crippen molar-refractivity contribution in [2.45, 2.75) is 12.5 Å². The van der Waals surface area contributed by atoms with Crippen LogP contribution in [0.2, 0.25) is 0 Å². The van der Waals surface area contributed by atoms with Crippen molar-refractivity contribution in [1.82, 2.24) is 10.6 Å². The van der Waals surface area contributed by atoms with Gasteiger partial charge in [-0.3, -0.25) is 4.79 Å². The van der Waals surface area contributed by atoms with Crippen LogP contribution >= 0.6 is 0 Å². The Bertz CT molecular complexity index is 537. The highest BCUT2D eigenvalue weighted by Crippen LogP contribution is 2.08. The molecule has 1 aromatic carbocycles. The molecule has 1 amide bonds. The van der Waals surface area contributed by atoms with Gasteiger partial charge in [0.2, 0.25) is 0 Å². The molecule has 1 unspecified atom stereocenters. The monoisotopic (exact) mass is 258 g/mol. The molecule has 1 heterocycles. The van der Waals surface area contributed by atoms with Crippen molar-refractivity contribution in [2.24, 2.45) is 4.99 Å². The molecule has 1 aromatic rings. The van der Waals surface area contributed by atoms with Gasteiger partial charge in [-0.2, -0.15) is 0 Å². The fourth-order valence-corrected chi connectivity index (χ4v) is 1.61. The third-order valence-corrected chi connectivity index (χ3v) is 2.57. The van der Waals surface area contributed by atoms with Gasteiger partial charge in [-0.25, -0.2) is 15.1 Å². The van der Waals surface area contributed by atoms with Gasteiger partial charge in [-0.1, -0.05) is 18.2 Å². The molecule has 0 saturated heterocycles. The SMILES string of the molecule is O=C(NC(CC1=CN=C[N]1)C(=O)O)c1ccccc1.